The Morgan fingerprint density at radius 3 is 2.56 bits per heavy atom. The number of hydrogen-bond donors (Lipinski definition) is 0. The maximum Gasteiger partial charge on any atom is 0.470 e. The molecule has 0 spiro atoms. The number of hydrogen-bond acceptors (Lipinski definition) is 4. The SMILES string of the molecule is O=CC1OC(C(F)(F)F)=NN1Cc1ccccc1. The highest BCUT2D eigenvalue weighted by Crippen LogP contribution is 2.25. The van der Waals surface area contributed by atoms with Gasteiger partial charge in [-0.15, -0.1) is 5.10 Å². The molecule has 96 valence electrons. The van der Waals surface area contributed by atoms with Crippen molar-refractivity contribution in [1.29, 1.82) is 0 Å². The van der Waals surface area contributed by atoms with Gasteiger partial charge in [-0.25, -0.2) is 5.01 Å². The summed E-state index contributed by atoms with van der Waals surface area (Å²) in [4.78, 5) is 10.7. The lowest BCUT2D eigenvalue weighted by molar-refractivity contribution is -0.123. The van der Waals surface area contributed by atoms with Gasteiger partial charge in [0.15, 0.2) is 6.29 Å². The molecule has 2 rings (SSSR count). The molecule has 1 unspecified atom stereocenters. The predicted octanol–water partition coefficient (Wildman–Crippen LogP) is 1.92. The van der Waals surface area contributed by atoms with E-state index in [4.69, 9.17) is 0 Å². The Hall–Kier alpha value is -2.05. The lowest BCUT2D eigenvalue weighted by atomic mass is 10.2. The molecule has 0 aromatic heterocycles. The van der Waals surface area contributed by atoms with Crippen LogP contribution in [0.25, 0.3) is 0 Å². The van der Waals surface area contributed by atoms with Crippen molar-refractivity contribution in [2.75, 3.05) is 0 Å². The molecule has 0 saturated heterocycles. The van der Waals surface area contributed by atoms with E-state index in [1.807, 2.05) is 0 Å². The molecule has 0 amide bonds. The molecule has 0 bridgehead atoms. The van der Waals surface area contributed by atoms with Crippen molar-refractivity contribution >= 4 is 12.2 Å². The summed E-state index contributed by atoms with van der Waals surface area (Å²) < 4.78 is 41.6. The summed E-state index contributed by atoms with van der Waals surface area (Å²) in [6, 6.07) is 8.73. The van der Waals surface area contributed by atoms with E-state index in [-0.39, 0.29) is 12.8 Å². The number of alkyl halides is 3. The van der Waals surface area contributed by atoms with Gasteiger partial charge in [-0.2, -0.15) is 13.2 Å². The lowest BCUT2D eigenvalue weighted by Gasteiger charge is -2.16. The Morgan fingerprint density at radius 2 is 2.00 bits per heavy atom. The first-order valence-corrected chi connectivity index (χ1v) is 5.09. The number of rotatable bonds is 3. The maximum atomic E-state index is 12.4. The van der Waals surface area contributed by atoms with E-state index in [2.05, 4.69) is 9.84 Å². The standard InChI is InChI=1S/C11H9F3N2O2/c12-11(13,14)10-15-16(9(7-17)18-10)6-8-4-2-1-3-5-8/h1-5,7,9H,6H2. The van der Waals surface area contributed by atoms with Crippen molar-refractivity contribution in [3.05, 3.63) is 35.9 Å². The molecule has 4 nitrogen and oxygen atoms in total. The summed E-state index contributed by atoms with van der Waals surface area (Å²) in [6.07, 6.45) is -5.74. The second kappa shape index (κ2) is 4.67. The molecule has 1 atom stereocenters. The zero-order chi connectivity index (χ0) is 13.2. The van der Waals surface area contributed by atoms with E-state index in [0.29, 0.717) is 0 Å². The summed E-state index contributed by atoms with van der Waals surface area (Å²) >= 11 is 0. The molecule has 1 heterocycles. The van der Waals surface area contributed by atoms with Gasteiger partial charge in [0.1, 0.15) is 0 Å². The van der Waals surface area contributed by atoms with Crippen molar-refractivity contribution in [2.24, 2.45) is 5.10 Å². The minimum Gasteiger partial charge on any atom is -0.440 e. The molecule has 1 aliphatic heterocycles. The third kappa shape index (κ3) is 2.61. The molecule has 1 aliphatic rings. The van der Waals surface area contributed by atoms with Gasteiger partial charge in [0, 0.05) is 0 Å². The van der Waals surface area contributed by atoms with Crippen LogP contribution in [0.15, 0.2) is 35.4 Å². The average molecular weight is 258 g/mol. The minimum atomic E-state index is -4.69. The second-order valence-corrected chi connectivity index (χ2v) is 3.63. The third-order valence-electron chi connectivity index (χ3n) is 2.29. The van der Waals surface area contributed by atoms with Gasteiger partial charge < -0.3 is 4.74 Å². The molecule has 0 fully saturated rings. The van der Waals surface area contributed by atoms with Gasteiger partial charge in [-0.05, 0) is 5.56 Å². The number of aldehydes is 1. The number of carbonyl (C=O) groups is 1. The average Bonchev–Trinajstić information content (AvgIpc) is 2.73. The molecule has 18 heavy (non-hydrogen) atoms. The first-order chi connectivity index (χ1) is 8.50. The topological polar surface area (TPSA) is 41.9 Å². The summed E-state index contributed by atoms with van der Waals surface area (Å²) in [7, 11) is 0. The smallest absolute Gasteiger partial charge is 0.440 e. The fraction of sp³-hybridized carbons (Fsp3) is 0.273. The summed E-state index contributed by atoms with van der Waals surface area (Å²) in [5.74, 6) is -1.39. The van der Waals surface area contributed by atoms with Crippen LogP contribution in [0, 0.1) is 0 Å². The number of benzene rings is 1. The highest BCUT2D eigenvalue weighted by molar-refractivity contribution is 5.84. The van der Waals surface area contributed by atoms with E-state index in [1.54, 1.807) is 30.3 Å². The van der Waals surface area contributed by atoms with E-state index in [9.17, 15) is 18.0 Å². The van der Waals surface area contributed by atoms with Gasteiger partial charge >= 0.3 is 12.1 Å². The Labute approximate surface area is 101 Å². The zero-order valence-electron chi connectivity index (χ0n) is 9.09. The Kier molecular flexibility index (Phi) is 3.22. The lowest BCUT2D eigenvalue weighted by Crippen LogP contribution is -2.30. The fourth-order valence-electron chi connectivity index (χ4n) is 1.49. The molecule has 0 N–H and O–H groups in total. The largest absolute Gasteiger partial charge is 0.470 e. The normalized spacial score (nSPS) is 19.4. The summed E-state index contributed by atoms with van der Waals surface area (Å²) in [5, 5.41) is 4.24. The van der Waals surface area contributed by atoms with Crippen LogP contribution >= 0.6 is 0 Å². The molecule has 1 aromatic carbocycles. The van der Waals surface area contributed by atoms with Crippen molar-refractivity contribution in [3.63, 3.8) is 0 Å². The highest BCUT2D eigenvalue weighted by atomic mass is 19.4. The quantitative estimate of drug-likeness (QED) is 0.778. The molecule has 7 heteroatoms. The maximum absolute atomic E-state index is 12.4. The minimum absolute atomic E-state index is 0.0732. The monoisotopic (exact) mass is 258 g/mol. The molecule has 0 radical (unpaired) electrons. The molecule has 0 saturated carbocycles. The van der Waals surface area contributed by atoms with Crippen LogP contribution in [0.4, 0.5) is 13.2 Å². The van der Waals surface area contributed by atoms with E-state index >= 15 is 0 Å². The molecular weight excluding hydrogens is 249 g/mol. The number of hydrazone groups is 1. The van der Waals surface area contributed by atoms with Crippen molar-refractivity contribution in [3.8, 4) is 0 Å². The van der Waals surface area contributed by atoms with Crippen molar-refractivity contribution in [2.45, 2.75) is 18.9 Å². The van der Waals surface area contributed by atoms with Crippen molar-refractivity contribution < 1.29 is 22.7 Å². The van der Waals surface area contributed by atoms with E-state index in [1.165, 1.54) is 0 Å². The van der Waals surface area contributed by atoms with E-state index < -0.39 is 18.3 Å². The van der Waals surface area contributed by atoms with Crippen LogP contribution < -0.4 is 0 Å². The van der Waals surface area contributed by atoms with Gasteiger partial charge in [0.2, 0.25) is 6.23 Å². The van der Waals surface area contributed by atoms with Gasteiger partial charge in [0.25, 0.3) is 0 Å². The zero-order valence-corrected chi connectivity index (χ0v) is 9.09. The molecule has 0 aliphatic carbocycles. The Balaban J connectivity index is 2.16. The second-order valence-electron chi connectivity index (χ2n) is 3.63. The van der Waals surface area contributed by atoms with Gasteiger partial charge in [-0.1, -0.05) is 30.3 Å². The van der Waals surface area contributed by atoms with Gasteiger partial charge in [0.05, 0.1) is 6.54 Å². The molecular formula is C11H9F3N2O2. The van der Waals surface area contributed by atoms with Gasteiger partial charge in [-0.3, -0.25) is 4.79 Å². The predicted molar refractivity (Wildman–Crippen MR) is 56.4 cm³/mol. The van der Waals surface area contributed by atoms with E-state index in [0.717, 1.165) is 10.6 Å². The van der Waals surface area contributed by atoms with Crippen molar-refractivity contribution in [1.82, 2.24) is 5.01 Å². The van der Waals surface area contributed by atoms with Crippen LogP contribution in [-0.2, 0) is 16.1 Å². The third-order valence-corrected chi connectivity index (χ3v) is 2.29. The first kappa shape index (κ1) is 12.4. The van der Waals surface area contributed by atoms with Crippen LogP contribution in [-0.4, -0.2) is 29.6 Å². The van der Waals surface area contributed by atoms with Crippen LogP contribution in [0.1, 0.15) is 5.56 Å². The number of nitrogens with zero attached hydrogens (tertiary/aromatic N) is 2. The highest BCUT2D eigenvalue weighted by Gasteiger charge is 2.45. The Morgan fingerprint density at radius 1 is 1.33 bits per heavy atom. The fourth-order valence-corrected chi connectivity index (χ4v) is 1.49. The first-order valence-electron chi connectivity index (χ1n) is 5.09. The van der Waals surface area contributed by atoms with Crippen LogP contribution in [0.3, 0.4) is 0 Å². The van der Waals surface area contributed by atoms with Crippen LogP contribution in [0.5, 0.6) is 0 Å². The van der Waals surface area contributed by atoms with Crippen LogP contribution in [0.2, 0.25) is 0 Å². The summed E-state index contributed by atoms with van der Waals surface area (Å²) in [5.41, 5.74) is 0.736. The summed E-state index contributed by atoms with van der Waals surface area (Å²) in [6.45, 7) is 0.0732. The number of ether oxygens (including phenoxy) is 1. The Bertz CT molecular complexity index is 459. The molecule has 1 aromatic rings. The number of halogens is 3. The number of carbonyl (C=O) groups excluding carboxylic acids is 1.